The van der Waals surface area contributed by atoms with Gasteiger partial charge < -0.3 is 14.4 Å². The molecule has 4 aliphatic heterocycles. The van der Waals surface area contributed by atoms with Crippen molar-refractivity contribution in [2.75, 3.05) is 11.9 Å². The Morgan fingerprint density at radius 2 is 0.574 bits per heavy atom. The van der Waals surface area contributed by atoms with E-state index in [0.717, 1.165) is 23.0 Å². The van der Waals surface area contributed by atoms with Gasteiger partial charge in [0, 0.05) is 66.4 Å². The first-order valence-corrected chi connectivity index (χ1v) is 37.5. The summed E-state index contributed by atoms with van der Waals surface area (Å²) in [5.41, 5.74) is 25.0. The minimum atomic E-state index is 0.105. The summed E-state index contributed by atoms with van der Waals surface area (Å²) in [7, 11) is 2.20. The highest BCUT2D eigenvalue weighted by atomic mass is 32.2. The lowest BCUT2D eigenvalue weighted by Crippen LogP contribution is -2.19. The molecule has 0 spiro atoms. The third-order valence-corrected chi connectivity index (χ3v) is 22.3. The molecule has 3 nitrogen and oxygen atoms in total. The number of hydrogen-bond donors (Lipinski definition) is 0. The molecule has 0 amide bonds. The van der Waals surface area contributed by atoms with Crippen LogP contribution in [0.25, 0.3) is 87.6 Å². The van der Waals surface area contributed by atoms with Gasteiger partial charge in [0.2, 0.25) is 0 Å². The number of nitrogens with zero attached hydrogens (tertiary/aromatic N) is 1. The van der Waals surface area contributed by atoms with Crippen LogP contribution in [0.15, 0.2) is 204 Å². The maximum Gasteiger partial charge on any atom is 0.135 e. The van der Waals surface area contributed by atoms with Crippen LogP contribution >= 0.6 is 11.8 Å². The van der Waals surface area contributed by atoms with Gasteiger partial charge in [-0.3, -0.25) is 0 Å². The molecule has 0 unspecified atom stereocenters. The molecule has 0 saturated heterocycles. The molecular formula is C97H107NO2S. The summed E-state index contributed by atoms with van der Waals surface area (Å²) >= 11 is 1.92. The molecule has 4 heteroatoms. The lowest BCUT2D eigenvalue weighted by atomic mass is 9.80. The Hall–Kier alpha value is -8.57. The van der Waals surface area contributed by atoms with E-state index in [0.29, 0.717) is 0 Å². The van der Waals surface area contributed by atoms with Gasteiger partial charge in [-0.1, -0.05) is 324 Å². The van der Waals surface area contributed by atoms with E-state index < -0.39 is 0 Å². The Bertz CT molecular complexity index is 4970. The summed E-state index contributed by atoms with van der Waals surface area (Å²) in [5, 5.41) is 10.7. The molecule has 101 heavy (non-hydrogen) atoms. The Morgan fingerprint density at radius 3 is 1.04 bits per heavy atom. The molecule has 0 bridgehead atoms. The van der Waals surface area contributed by atoms with Crippen molar-refractivity contribution in [2.45, 2.75) is 219 Å². The fraction of sp³-hybridized carbons (Fsp3) is 0.340. The van der Waals surface area contributed by atoms with Crippen LogP contribution in [0.4, 0.5) is 11.4 Å². The van der Waals surface area contributed by atoms with Crippen LogP contribution in [0.3, 0.4) is 0 Å². The van der Waals surface area contributed by atoms with Crippen LogP contribution in [0, 0.1) is 0 Å². The second-order valence-corrected chi connectivity index (χ2v) is 38.2. The zero-order valence-corrected chi connectivity index (χ0v) is 66.0. The zero-order valence-electron chi connectivity index (χ0n) is 65.1. The van der Waals surface area contributed by atoms with Gasteiger partial charge in [0.15, 0.2) is 0 Å². The number of anilines is 2. The van der Waals surface area contributed by atoms with Crippen molar-refractivity contribution < 1.29 is 9.47 Å². The number of hydrogen-bond acceptors (Lipinski definition) is 4. The third-order valence-electron chi connectivity index (χ3n) is 21.2. The summed E-state index contributed by atoms with van der Waals surface area (Å²) in [6.45, 7) is 54.5. The SMILES string of the molecule is CC(C)(C)c1ccc2c(c1)Oc1ccc(C(C)(C)C)c3cccc-2c13.CC(C)(C)c1ccc2c(c1)Oc1cccc3c(C(C)(C)C)ccc-2c13.CC(C)(C)c1ccc2c(c1)Sc1ccc(C(C)(C)C)c3cccc-2c13.CN1c2cc(C(C)(C)C)ccc2-c2cccc3c(C(C)(C)C)ccc1c23. The average Bonchev–Trinajstić information content (AvgIpc) is 0.750. The molecular weight excluding hydrogens is 1240 g/mol. The number of fused-ring (bicyclic) bond motifs is 8. The normalized spacial score (nSPS) is 13.7. The predicted octanol–water partition coefficient (Wildman–Crippen LogP) is 29.2. The summed E-state index contributed by atoms with van der Waals surface area (Å²) < 4.78 is 12.7. The Balaban J connectivity index is 0.000000120. The van der Waals surface area contributed by atoms with E-state index >= 15 is 0 Å². The lowest BCUT2D eigenvalue weighted by molar-refractivity contribution is 0.482. The van der Waals surface area contributed by atoms with Gasteiger partial charge in [-0.25, -0.2) is 0 Å². The van der Waals surface area contributed by atoms with E-state index in [1.165, 1.54) is 153 Å². The predicted molar refractivity (Wildman–Crippen MR) is 439 cm³/mol. The average molecular weight is 1350 g/mol. The van der Waals surface area contributed by atoms with Crippen molar-refractivity contribution in [1.82, 2.24) is 0 Å². The molecule has 4 heterocycles. The quantitative estimate of drug-likeness (QED) is 0.151. The molecule has 0 atom stereocenters. The van der Waals surface area contributed by atoms with Crippen LogP contribution in [0.2, 0.25) is 0 Å². The Morgan fingerprint density at radius 1 is 0.238 bits per heavy atom. The van der Waals surface area contributed by atoms with E-state index in [1.54, 1.807) is 0 Å². The topological polar surface area (TPSA) is 21.7 Å². The fourth-order valence-electron chi connectivity index (χ4n) is 15.4. The largest absolute Gasteiger partial charge is 0.456 e. The summed E-state index contributed by atoms with van der Waals surface area (Å²) in [6.07, 6.45) is 0. The Labute approximate surface area is 609 Å². The van der Waals surface area contributed by atoms with Crippen molar-refractivity contribution in [3.8, 4) is 67.5 Å². The van der Waals surface area contributed by atoms with Crippen molar-refractivity contribution in [2.24, 2.45) is 0 Å². The molecule has 12 aromatic carbocycles. The van der Waals surface area contributed by atoms with E-state index in [1.807, 2.05) is 11.8 Å². The molecule has 0 N–H and O–H groups in total. The van der Waals surface area contributed by atoms with Crippen LogP contribution in [0.1, 0.15) is 211 Å². The first-order valence-electron chi connectivity index (χ1n) is 36.7. The van der Waals surface area contributed by atoms with Gasteiger partial charge in [-0.2, -0.15) is 0 Å². The van der Waals surface area contributed by atoms with Crippen molar-refractivity contribution in [3.05, 3.63) is 239 Å². The standard InChI is InChI=1S/C25H29N.2C24H26O.C24H26S/c1-24(2,3)16-11-12-17-18-9-8-10-19-20(25(4,5)6)13-14-21(23(18)19)26(7)22(17)15-16;1-23(2,3)15-10-11-16-17-12-13-19(24(4,5)6)18-8-7-9-20(22(17)18)25-21(16)14-15;2*1-23(2,3)15-10-11-16-17-8-7-9-18-19(24(4,5)6)12-13-20(22(17)18)25-21(16)14-15/h8-15H,1-7H3;3*7-14H,1-6H3. The van der Waals surface area contributed by atoms with Gasteiger partial charge in [0.1, 0.15) is 23.0 Å². The minimum absolute atomic E-state index is 0.105. The first kappa shape index (κ1) is 70.8. The lowest BCUT2D eigenvalue weighted by Gasteiger charge is -2.34. The summed E-state index contributed by atoms with van der Waals surface area (Å²) in [5.74, 6) is 3.88. The summed E-state index contributed by atoms with van der Waals surface area (Å²) in [4.78, 5) is 5.14. The van der Waals surface area contributed by atoms with Gasteiger partial charge >= 0.3 is 0 Å². The molecule has 0 aromatic heterocycles. The van der Waals surface area contributed by atoms with Crippen LogP contribution in [-0.2, 0) is 43.3 Å². The molecule has 0 saturated carbocycles. The second kappa shape index (κ2) is 24.9. The second-order valence-electron chi connectivity index (χ2n) is 37.1. The van der Waals surface area contributed by atoms with Crippen molar-refractivity contribution in [1.29, 1.82) is 0 Å². The van der Waals surface area contributed by atoms with Gasteiger partial charge in [-0.15, -0.1) is 0 Å². The molecule has 16 rings (SSSR count). The molecule has 0 radical (unpaired) electrons. The van der Waals surface area contributed by atoms with E-state index in [2.05, 4.69) is 372 Å². The molecule has 4 aliphatic rings. The molecule has 518 valence electrons. The number of ether oxygens (including phenoxy) is 2. The van der Waals surface area contributed by atoms with Crippen molar-refractivity contribution >= 4 is 66.2 Å². The van der Waals surface area contributed by atoms with E-state index in [9.17, 15) is 0 Å². The van der Waals surface area contributed by atoms with Gasteiger partial charge in [0.05, 0.1) is 0 Å². The monoisotopic (exact) mass is 1350 g/mol. The van der Waals surface area contributed by atoms with Gasteiger partial charge in [-0.05, 0) is 186 Å². The number of rotatable bonds is 0. The molecule has 12 aromatic rings. The smallest absolute Gasteiger partial charge is 0.135 e. The maximum atomic E-state index is 6.35. The third kappa shape index (κ3) is 13.2. The fourth-order valence-corrected chi connectivity index (χ4v) is 16.6. The highest BCUT2D eigenvalue weighted by molar-refractivity contribution is 7.99. The van der Waals surface area contributed by atoms with Gasteiger partial charge in [0.25, 0.3) is 0 Å². The van der Waals surface area contributed by atoms with Crippen LogP contribution < -0.4 is 14.4 Å². The maximum absolute atomic E-state index is 6.35. The number of benzene rings is 12. The highest BCUT2D eigenvalue weighted by Crippen LogP contribution is 2.55. The van der Waals surface area contributed by atoms with E-state index in [-0.39, 0.29) is 43.3 Å². The first-order chi connectivity index (χ1) is 47.1. The molecule has 0 fully saturated rings. The minimum Gasteiger partial charge on any atom is -0.456 e. The summed E-state index contributed by atoms with van der Waals surface area (Å²) in [6, 6.07) is 72.1. The highest BCUT2D eigenvalue weighted by Gasteiger charge is 2.32. The van der Waals surface area contributed by atoms with E-state index in [4.69, 9.17) is 9.47 Å². The van der Waals surface area contributed by atoms with Crippen LogP contribution in [-0.4, -0.2) is 7.05 Å². The van der Waals surface area contributed by atoms with Crippen molar-refractivity contribution in [3.63, 3.8) is 0 Å². The Kier molecular flexibility index (Phi) is 17.4. The molecule has 0 aliphatic carbocycles. The van der Waals surface area contributed by atoms with Crippen LogP contribution in [0.5, 0.6) is 23.0 Å². The zero-order chi connectivity index (χ0) is 72.8.